The zero-order valence-electron chi connectivity index (χ0n) is 12.6. The lowest BCUT2D eigenvalue weighted by Crippen LogP contribution is -2.41. The minimum atomic E-state index is -0.141. The second-order valence-corrected chi connectivity index (χ2v) is 5.89. The van der Waals surface area contributed by atoms with Crippen LogP contribution in [0.1, 0.15) is 25.5 Å². The Labute approximate surface area is 126 Å². The Bertz CT molecular complexity index is 435. The number of rotatable bonds is 6. The number of halogens is 1. The van der Waals surface area contributed by atoms with E-state index >= 15 is 0 Å². The summed E-state index contributed by atoms with van der Waals surface area (Å²) in [5.41, 5.74) is 1.02. The Morgan fingerprint density at radius 3 is 2.35 bits per heavy atom. The second-order valence-electron chi connectivity index (χ2n) is 5.49. The number of benzene rings is 1. The van der Waals surface area contributed by atoms with E-state index in [2.05, 4.69) is 24.5 Å². The van der Waals surface area contributed by atoms with Gasteiger partial charge in [-0.05, 0) is 31.6 Å². The summed E-state index contributed by atoms with van der Waals surface area (Å²) in [5.74, 6) is 0.439. The largest absolute Gasteiger partial charge is 0.338 e. The number of nitrogens with one attached hydrogen (secondary N) is 2. The molecule has 0 saturated heterocycles. The number of hydrogen-bond acceptors (Lipinski definition) is 2. The maximum absolute atomic E-state index is 11.7. The third-order valence-electron chi connectivity index (χ3n) is 3.01. The highest BCUT2D eigenvalue weighted by Crippen LogP contribution is 2.25. The molecule has 20 heavy (non-hydrogen) atoms. The van der Waals surface area contributed by atoms with Crippen LogP contribution < -0.4 is 10.6 Å². The average Bonchev–Trinajstić information content (AvgIpc) is 2.38. The van der Waals surface area contributed by atoms with Crippen LogP contribution in [0.15, 0.2) is 24.3 Å². The number of carbonyl (C=O) groups is 1. The normalized spacial score (nSPS) is 12.6. The summed E-state index contributed by atoms with van der Waals surface area (Å²) in [7, 11) is 3.95. The van der Waals surface area contributed by atoms with Crippen molar-refractivity contribution >= 4 is 17.6 Å². The van der Waals surface area contributed by atoms with Gasteiger partial charge in [-0.1, -0.05) is 43.6 Å². The summed E-state index contributed by atoms with van der Waals surface area (Å²) < 4.78 is 0. The minimum absolute atomic E-state index is 0.0495. The van der Waals surface area contributed by atoms with Crippen molar-refractivity contribution in [2.75, 3.05) is 27.2 Å². The lowest BCUT2D eigenvalue weighted by atomic mass is 10.1. The number of nitrogens with zero attached hydrogens (tertiary/aromatic N) is 1. The summed E-state index contributed by atoms with van der Waals surface area (Å²) in [6.07, 6.45) is 0. The van der Waals surface area contributed by atoms with Gasteiger partial charge in [-0.15, -0.1) is 0 Å². The highest BCUT2D eigenvalue weighted by atomic mass is 35.5. The van der Waals surface area contributed by atoms with Crippen molar-refractivity contribution in [2.45, 2.75) is 19.9 Å². The Morgan fingerprint density at radius 1 is 1.20 bits per heavy atom. The van der Waals surface area contributed by atoms with Crippen molar-refractivity contribution in [3.63, 3.8) is 0 Å². The topological polar surface area (TPSA) is 44.4 Å². The third kappa shape index (κ3) is 5.39. The molecule has 0 aliphatic heterocycles. The Balaban J connectivity index is 2.61. The van der Waals surface area contributed by atoms with Crippen LogP contribution >= 0.6 is 11.6 Å². The van der Waals surface area contributed by atoms with Gasteiger partial charge in [0.1, 0.15) is 0 Å². The second kappa shape index (κ2) is 8.12. The van der Waals surface area contributed by atoms with E-state index in [1.165, 1.54) is 0 Å². The molecule has 1 aromatic carbocycles. The molecular weight excluding hydrogens is 274 g/mol. The first-order valence-corrected chi connectivity index (χ1v) is 7.22. The highest BCUT2D eigenvalue weighted by Gasteiger charge is 2.17. The fraction of sp³-hybridized carbons (Fsp3) is 0.533. The van der Waals surface area contributed by atoms with Gasteiger partial charge in [-0.25, -0.2) is 4.79 Å². The number of carbonyl (C=O) groups excluding carboxylic acids is 1. The molecule has 1 rings (SSSR count). The van der Waals surface area contributed by atoms with Gasteiger partial charge in [-0.3, -0.25) is 0 Å². The van der Waals surface area contributed by atoms with Gasteiger partial charge >= 0.3 is 6.03 Å². The van der Waals surface area contributed by atoms with Gasteiger partial charge in [0, 0.05) is 18.1 Å². The van der Waals surface area contributed by atoms with Crippen molar-refractivity contribution in [1.29, 1.82) is 0 Å². The molecule has 5 heteroatoms. The van der Waals surface area contributed by atoms with E-state index in [0.29, 0.717) is 19.0 Å². The molecule has 0 fully saturated rings. The van der Waals surface area contributed by atoms with Gasteiger partial charge in [-0.2, -0.15) is 0 Å². The van der Waals surface area contributed by atoms with E-state index in [-0.39, 0.29) is 12.1 Å². The number of hydrogen-bond donors (Lipinski definition) is 2. The molecule has 0 aromatic heterocycles. The van der Waals surface area contributed by atoms with E-state index in [0.717, 1.165) is 10.6 Å². The molecule has 0 saturated carbocycles. The van der Waals surface area contributed by atoms with Crippen LogP contribution in [0.3, 0.4) is 0 Å². The van der Waals surface area contributed by atoms with E-state index in [4.69, 9.17) is 11.6 Å². The monoisotopic (exact) mass is 297 g/mol. The van der Waals surface area contributed by atoms with Crippen LogP contribution in [0.4, 0.5) is 4.79 Å². The van der Waals surface area contributed by atoms with Crippen LogP contribution in [0.5, 0.6) is 0 Å². The van der Waals surface area contributed by atoms with E-state index in [9.17, 15) is 4.79 Å². The molecule has 0 radical (unpaired) electrons. The molecule has 2 amide bonds. The van der Waals surface area contributed by atoms with E-state index in [1.807, 2.05) is 43.3 Å². The predicted molar refractivity (Wildman–Crippen MR) is 84.1 cm³/mol. The molecule has 4 nitrogen and oxygen atoms in total. The van der Waals surface area contributed by atoms with Crippen molar-refractivity contribution < 1.29 is 4.79 Å². The van der Waals surface area contributed by atoms with Gasteiger partial charge in [0.25, 0.3) is 0 Å². The fourth-order valence-electron chi connectivity index (χ4n) is 1.86. The summed E-state index contributed by atoms with van der Waals surface area (Å²) >= 11 is 6.23. The van der Waals surface area contributed by atoms with E-state index < -0.39 is 0 Å². The summed E-state index contributed by atoms with van der Waals surface area (Å²) in [6.45, 7) is 5.31. The predicted octanol–water partition coefficient (Wildman–Crippen LogP) is 2.90. The fourth-order valence-corrected chi connectivity index (χ4v) is 2.13. The van der Waals surface area contributed by atoms with Crippen LogP contribution in [0, 0.1) is 5.92 Å². The molecule has 0 bridgehead atoms. The van der Waals surface area contributed by atoms with Gasteiger partial charge in [0.15, 0.2) is 0 Å². The molecule has 2 N–H and O–H groups in total. The maximum Gasteiger partial charge on any atom is 0.314 e. The SMILES string of the molecule is CC(C)CNC(=O)NCC(c1ccccc1Cl)N(C)C. The first kappa shape index (κ1) is 16.8. The zero-order chi connectivity index (χ0) is 15.1. The molecule has 0 spiro atoms. The van der Waals surface area contributed by atoms with Crippen molar-refractivity contribution in [1.82, 2.24) is 15.5 Å². The Hall–Kier alpha value is -1.26. The molecule has 1 unspecified atom stereocenters. The molecule has 1 atom stereocenters. The van der Waals surface area contributed by atoms with E-state index in [1.54, 1.807) is 0 Å². The molecule has 0 aliphatic carbocycles. The molecule has 1 aromatic rings. The molecule has 0 heterocycles. The van der Waals surface area contributed by atoms with Crippen LogP contribution in [-0.4, -0.2) is 38.1 Å². The van der Waals surface area contributed by atoms with Crippen molar-refractivity contribution in [2.24, 2.45) is 5.92 Å². The van der Waals surface area contributed by atoms with Crippen molar-refractivity contribution in [3.05, 3.63) is 34.9 Å². The lowest BCUT2D eigenvalue weighted by molar-refractivity contribution is 0.231. The van der Waals surface area contributed by atoms with Crippen molar-refractivity contribution in [3.8, 4) is 0 Å². The smallest absolute Gasteiger partial charge is 0.314 e. The quantitative estimate of drug-likeness (QED) is 0.848. The van der Waals surface area contributed by atoms with Crippen LogP contribution in [0.2, 0.25) is 5.02 Å². The summed E-state index contributed by atoms with van der Waals surface area (Å²) in [4.78, 5) is 13.8. The minimum Gasteiger partial charge on any atom is -0.338 e. The maximum atomic E-state index is 11.7. The molecule has 0 aliphatic rings. The van der Waals surface area contributed by atoms with Gasteiger partial charge in [0.05, 0.1) is 6.04 Å². The molecule has 112 valence electrons. The highest BCUT2D eigenvalue weighted by molar-refractivity contribution is 6.31. The Kier molecular flexibility index (Phi) is 6.82. The van der Waals surface area contributed by atoms with Crippen LogP contribution in [-0.2, 0) is 0 Å². The first-order chi connectivity index (χ1) is 9.41. The van der Waals surface area contributed by atoms with Gasteiger partial charge in [0.2, 0.25) is 0 Å². The Morgan fingerprint density at radius 2 is 1.80 bits per heavy atom. The average molecular weight is 298 g/mol. The number of likely N-dealkylation sites (N-methyl/N-ethyl adjacent to an activating group) is 1. The standard InChI is InChI=1S/C15H24ClN3O/c1-11(2)9-17-15(20)18-10-14(19(3)4)12-7-5-6-8-13(12)16/h5-8,11,14H,9-10H2,1-4H3,(H2,17,18,20). The van der Waals surface area contributed by atoms with Gasteiger partial charge < -0.3 is 15.5 Å². The van der Waals surface area contributed by atoms with Crippen LogP contribution in [0.25, 0.3) is 0 Å². The number of urea groups is 1. The number of amides is 2. The lowest BCUT2D eigenvalue weighted by Gasteiger charge is -2.26. The first-order valence-electron chi connectivity index (χ1n) is 6.84. The summed E-state index contributed by atoms with van der Waals surface area (Å²) in [5, 5.41) is 6.45. The zero-order valence-corrected chi connectivity index (χ0v) is 13.4. The third-order valence-corrected chi connectivity index (χ3v) is 3.36. The molecular formula is C15H24ClN3O. The summed E-state index contributed by atoms with van der Waals surface area (Å²) in [6, 6.07) is 7.62.